The Bertz CT molecular complexity index is 389. The summed E-state index contributed by atoms with van der Waals surface area (Å²) in [5.74, 6) is 0. The molecule has 0 fully saturated rings. The van der Waals surface area contributed by atoms with E-state index in [1.807, 2.05) is 0 Å². The van der Waals surface area contributed by atoms with Gasteiger partial charge < -0.3 is 8.55 Å². The zero-order valence-electron chi connectivity index (χ0n) is 23.5. The summed E-state index contributed by atoms with van der Waals surface area (Å²) in [4.78, 5) is 0. The van der Waals surface area contributed by atoms with Crippen LogP contribution in [0.15, 0.2) is 0 Å². The van der Waals surface area contributed by atoms with Crippen molar-refractivity contribution in [2.45, 2.75) is 155 Å². The molecule has 0 aromatic carbocycles. The summed E-state index contributed by atoms with van der Waals surface area (Å²) in [6, 6.07) is 0. The molecular weight excluding hydrogens is 412 g/mol. The van der Waals surface area contributed by atoms with Gasteiger partial charge in [-0.3, -0.25) is 0 Å². The SMILES string of the molecule is CC(C)(C)[Si]([Si-][Si](C(C)(C)C)(C(C)(C)C)C(C)(C)C)(C(C)(C)C)C(C)(C)C.[K+]. The minimum atomic E-state index is -1.78. The molecule has 4 heteroatoms. The predicted octanol–water partition coefficient (Wildman–Crippen LogP) is 6.39. The second kappa shape index (κ2) is 8.91. The summed E-state index contributed by atoms with van der Waals surface area (Å²) < 4.78 is 0. The predicted molar refractivity (Wildman–Crippen MR) is 136 cm³/mol. The van der Waals surface area contributed by atoms with Crippen LogP contribution in [0.25, 0.3) is 0 Å². The summed E-state index contributed by atoms with van der Waals surface area (Å²) in [5, 5.41) is 2.26. The summed E-state index contributed by atoms with van der Waals surface area (Å²) in [6.07, 6.45) is 0. The van der Waals surface area contributed by atoms with Crippen molar-refractivity contribution in [3.8, 4) is 0 Å². The third-order valence-corrected chi connectivity index (χ3v) is 43.9. The fraction of sp³-hybridized carbons (Fsp3) is 1.00. The van der Waals surface area contributed by atoms with E-state index in [0.717, 1.165) is 8.55 Å². The molecule has 0 amide bonds. The van der Waals surface area contributed by atoms with Crippen LogP contribution in [-0.2, 0) is 0 Å². The zero-order valence-corrected chi connectivity index (χ0v) is 29.6. The van der Waals surface area contributed by atoms with Crippen LogP contribution >= 0.6 is 0 Å². The van der Waals surface area contributed by atoms with E-state index in [1.165, 1.54) is 0 Å². The monoisotopic (exact) mass is 465 g/mol. The van der Waals surface area contributed by atoms with Crippen LogP contribution in [0, 0.1) is 0 Å². The maximum atomic E-state index is 2.58. The van der Waals surface area contributed by atoms with Crippen molar-refractivity contribution < 1.29 is 51.4 Å². The van der Waals surface area contributed by atoms with Gasteiger partial charge in [0, 0.05) is 0 Å². The normalized spacial score (nSPS) is 16.1. The summed E-state index contributed by atoms with van der Waals surface area (Å²) >= 11 is 0. The molecule has 0 nitrogen and oxygen atoms in total. The van der Waals surface area contributed by atoms with E-state index < -0.39 is 15.2 Å². The Kier molecular flexibility index (Phi) is 10.3. The molecule has 0 spiro atoms. The molecule has 0 bridgehead atoms. The van der Waals surface area contributed by atoms with Gasteiger partial charge in [-0.15, -0.1) is 15.2 Å². The Morgan fingerprint density at radius 3 is 0.500 bits per heavy atom. The first kappa shape index (κ1) is 32.5. The quantitative estimate of drug-likeness (QED) is 0.415. The second-order valence-corrected chi connectivity index (χ2v) is 34.9. The van der Waals surface area contributed by atoms with Gasteiger partial charge in [-0.1, -0.05) is 155 Å². The van der Waals surface area contributed by atoms with Crippen molar-refractivity contribution in [1.29, 1.82) is 0 Å². The Balaban J connectivity index is 0. The van der Waals surface area contributed by atoms with Crippen LogP contribution in [0.4, 0.5) is 0 Å². The van der Waals surface area contributed by atoms with Crippen LogP contribution < -0.4 is 51.4 Å². The van der Waals surface area contributed by atoms with Crippen LogP contribution in [0.1, 0.15) is 125 Å². The van der Waals surface area contributed by atoms with Gasteiger partial charge in [-0.05, 0) is 0 Å². The minimum Gasteiger partial charge on any atom is -0.420 e. The summed E-state index contributed by atoms with van der Waals surface area (Å²) in [6.45, 7) is 46.4. The van der Waals surface area contributed by atoms with Crippen LogP contribution in [0.5, 0.6) is 0 Å². The fourth-order valence-corrected chi connectivity index (χ4v) is 58.2. The van der Waals surface area contributed by atoms with Crippen LogP contribution in [-0.4, -0.2) is 23.7 Å². The van der Waals surface area contributed by atoms with Gasteiger partial charge in [0.1, 0.15) is 0 Å². The molecule has 0 saturated carbocycles. The molecule has 0 aromatic rings. The van der Waals surface area contributed by atoms with E-state index in [0.29, 0.717) is 30.2 Å². The van der Waals surface area contributed by atoms with E-state index in [4.69, 9.17) is 0 Å². The molecule has 0 unspecified atom stereocenters. The second-order valence-electron chi connectivity index (χ2n) is 15.1. The summed E-state index contributed by atoms with van der Waals surface area (Å²) in [5.41, 5.74) is 0. The molecule has 0 aliphatic carbocycles. The van der Waals surface area contributed by atoms with Gasteiger partial charge >= 0.3 is 51.4 Å². The third kappa shape index (κ3) is 5.43. The molecule has 1 radical (unpaired) electrons. The Morgan fingerprint density at radius 2 is 0.429 bits per heavy atom. The van der Waals surface area contributed by atoms with Crippen molar-refractivity contribution >= 4 is 23.7 Å². The van der Waals surface area contributed by atoms with E-state index in [2.05, 4.69) is 125 Å². The first-order valence-corrected chi connectivity index (χ1v) is 18.0. The van der Waals surface area contributed by atoms with Crippen molar-refractivity contribution in [1.82, 2.24) is 0 Å². The first-order valence-electron chi connectivity index (χ1n) is 11.0. The molecule has 163 valence electrons. The fourth-order valence-electron chi connectivity index (χ4n) is 8.16. The number of rotatable bonds is 2. The summed E-state index contributed by atoms with van der Waals surface area (Å²) in [7, 11) is -2.41. The van der Waals surface area contributed by atoms with Gasteiger partial charge in [-0.2, -0.15) is 0 Å². The molecule has 0 N–H and O–H groups in total. The largest absolute Gasteiger partial charge is 1.00 e. The Morgan fingerprint density at radius 1 is 0.321 bits per heavy atom. The van der Waals surface area contributed by atoms with Crippen molar-refractivity contribution in [2.75, 3.05) is 0 Å². The molecular formula is C24H54KSi3. The van der Waals surface area contributed by atoms with Gasteiger partial charge in [0.05, 0.1) is 0 Å². The standard InChI is InChI=1S/C24H54Si3.K/c1-19(2,3)26(20(4,5)6,21(7,8)9)25-27(22(10,11)12,23(13,14)15)24(16,17)18;/h1-18H3;/q-1;+1. The van der Waals surface area contributed by atoms with Gasteiger partial charge in [-0.25, -0.2) is 0 Å². The molecule has 0 rings (SSSR count). The molecule has 0 aliphatic rings. The van der Waals surface area contributed by atoms with E-state index in [1.54, 1.807) is 0 Å². The van der Waals surface area contributed by atoms with Gasteiger partial charge in [0.2, 0.25) is 0 Å². The van der Waals surface area contributed by atoms with Crippen molar-refractivity contribution in [3.05, 3.63) is 0 Å². The average molecular weight is 466 g/mol. The van der Waals surface area contributed by atoms with Crippen molar-refractivity contribution in [2.24, 2.45) is 0 Å². The smallest absolute Gasteiger partial charge is 0.420 e. The Hall–Kier alpha value is 2.29. The topological polar surface area (TPSA) is 0 Å². The van der Waals surface area contributed by atoms with E-state index in [9.17, 15) is 0 Å². The first-order chi connectivity index (χ1) is 11.2. The molecule has 0 saturated heterocycles. The van der Waals surface area contributed by atoms with Gasteiger partial charge in [0.25, 0.3) is 0 Å². The third-order valence-electron chi connectivity index (χ3n) is 7.12. The van der Waals surface area contributed by atoms with Crippen LogP contribution in [0.3, 0.4) is 0 Å². The molecule has 0 aromatic heterocycles. The zero-order chi connectivity index (χ0) is 22.7. The van der Waals surface area contributed by atoms with Crippen LogP contribution in [0.2, 0.25) is 30.2 Å². The number of hydrogen-bond acceptors (Lipinski definition) is 0. The number of hydrogen-bond donors (Lipinski definition) is 0. The van der Waals surface area contributed by atoms with E-state index >= 15 is 0 Å². The van der Waals surface area contributed by atoms with E-state index in [-0.39, 0.29) is 51.4 Å². The average Bonchev–Trinajstić information content (AvgIpc) is 2.16. The molecule has 0 aliphatic heterocycles. The van der Waals surface area contributed by atoms with Gasteiger partial charge in [0.15, 0.2) is 0 Å². The molecule has 0 heterocycles. The maximum Gasteiger partial charge on any atom is 1.00 e. The minimum absolute atomic E-state index is 0. The van der Waals surface area contributed by atoms with Crippen molar-refractivity contribution in [3.63, 3.8) is 0 Å². The molecule has 28 heavy (non-hydrogen) atoms. The maximum absolute atomic E-state index is 2.58. The Labute approximate surface area is 227 Å². The molecule has 0 atom stereocenters.